The zero-order valence-corrected chi connectivity index (χ0v) is 14.5. The van der Waals surface area contributed by atoms with Crippen molar-refractivity contribution in [1.29, 1.82) is 0 Å². The molecule has 0 N–H and O–H groups in total. The first-order chi connectivity index (χ1) is 11.0. The zero-order chi connectivity index (χ0) is 16.4. The first-order valence-electron chi connectivity index (χ1n) is 9.96. The maximum absolute atomic E-state index is 14.8. The Labute approximate surface area is 139 Å². The summed E-state index contributed by atoms with van der Waals surface area (Å²) in [5.74, 6) is 1.60. The van der Waals surface area contributed by atoms with Crippen LogP contribution in [0.4, 0.5) is 13.2 Å². The molecule has 0 aromatic heterocycles. The summed E-state index contributed by atoms with van der Waals surface area (Å²) in [5, 5.41) is 0. The average molecular weight is 330 g/mol. The number of rotatable bonds is 2. The van der Waals surface area contributed by atoms with Gasteiger partial charge < -0.3 is 0 Å². The van der Waals surface area contributed by atoms with Crippen LogP contribution < -0.4 is 0 Å². The molecule has 0 nitrogen and oxygen atoms in total. The van der Waals surface area contributed by atoms with Crippen LogP contribution in [0.1, 0.15) is 77.6 Å². The van der Waals surface area contributed by atoms with E-state index in [9.17, 15) is 13.2 Å². The van der Waals surface area contributed by atoms with E-state index < -0.39 is 18.5 Å². The van der Waals surface area contributed by atoms with Crippen molar-refractivity contribution >= 4 is 0 Å². The third kappa shape index (κ3) is 4.25. The van der Waals surface area contributed by atoms with E-state index in [4.69, 9.17) is 0 Å². The van der Waals surface area contributed by atoms with Gasteiger partial charge in [-0.3, -0.25) is 0 Å². The van der Waals surface area contributed by atoms with E-state index >= 15 is 0 Å². The Bertz CT molecular complexity index is 364. The molecular formula is C20H33F3. The molecule has 0 heterocycles. The Morgan fingerprint density at radius 1 is 0.609 bits per heavy atom. The van der Waals surface area contributed by atoms with E-state index in [0.29, 0.717) is 18.8 Å². The van der Waals surface area contributed by atoms with Gasteiger partial charge in [0, 0.05) is 6.42 Å². The predicted molar refractivity (Wildman–Crippen MR) is 88.6 cm³/mol. The van der Waals surface area contributed by atoms with Gasteiger partial charge in [0.1, 0.15) is 18.5 Å². The largest absolute Gasteiger partial charge is 0.247 e. The lowest BCUT2D eigenvalue weighted by Crippen LogP contribution is -2.37. The third-order valence-electron chi connectivity index (χ3n) is 7.14. The molecule has 3 fully saturated rings. The van der Waals surface area contributed by atoms with Gasteiger partial charge in [0.15, 0.2) is 0 Å². The van der Waals surface area contributed by atoms with Gasteiger partial charge in [0.2, 0.25) is 0 Å². The highest BCUT2D eigenvalue weighted by Crippen LogP contribution is 2.46. The number of hydrogen-bond acceptors (Lipinski definition) is 0. The van der Waals surface area contributed by atoms with Crippen LogP contribution in [-0.4, -0.2) is 18.5 Å². The topological polar surface area (TPSA) is 0 Å². The normalized spacial score (nSPS) is 49.6. The summed E-state index contributed by atoms with van der Waals surface area (Å²) in [7, 11) is 0. The fourth-order valence-corrected chi connectivity index (χ4v) is 5.63. The molecule has 3 aliphatic carbocycles. The van der Waals surface area contributed by atoms with Gasteiger partial charge in [-0.05, 0) is 74.5 Å². The molecule has 0 aromatic carbocycles. The molecule has 3 aliphatic rings. The van der Waals surface area contributed by atoms with Crippen molar-refractivity contribution in [2.45, 2.75) is 96.1 Å². The van der Waals surface area contributed by atoms with Crippen molar-refractivity contribution in [3.05, 3.63) is 0 Å². The zero-order valence-electron chi connectivity index (χ0n) is 14.5. The first kappa shape index (κ1) is 17.6. The summed E-state index contributed by atoms with van der Waals surface area (Å²) in [5.41, 5.74) is 0. The van der Waals surface area contributed by atoms with Crippen molar-refractivity contribution in [3.8, 4) is 0 Å². The van der Waals surface area contributed by atoms with E-state index in [1.54, 1.807) is 0 Å². The summed E-state index contributed by atoms with van der Waals surface area (Å²) in [6, 6.07) is 0. The lowest BCUT2D eigenvalue weighted by Gasteiger charge is -2.41. The SMILES string of the molecule is CC1CCC(C2CCC(C3CCCC(F)CC3F)CC2F)CC1. The van der Waals surface area contributed by atoms with Crippen molar-refractivity contribution < 1.29 is 13.2 Å². The molecule has 0 saturated heterocycles. The van der Waals surface area contributed by atoms with Crippen LogP contribution in [0, 0.1) is 29.6 Å². The molecule has 6 atom stereocenters. The molecule has 134 valence electrons. The summed E-state index contributed by atoms with van der Waals surface area (Å²) >= 11 is 0. The second-order valence-electron chi connectivity index (χ2n) is 8.72. The Morgan fingerprint density at radius 2 is 1.22 bits per heavy atom. The highest BCUT2D eigenvalue weighted by atomic mass is 19.1. The average Bonchev–Trinajstić information content (AvgIpc) is 2.68. The Hall–Kier alpha value is -0.210. The summed E-state index contributed by atoms with van der Waals surface area (Å²) in [6.07, 6.45) is 6.49. The maximum atomic E-state index is 14.8. The second kappa shape index (κ2) is 7.78. The van der Waals surface area contributed by atoms with Crippen LogP contribution in [0.3, 0.4) is 0 Å². The monoisotopic (exact) mass is 330 g/mol. The van der Waals surface area contributed by atoms with Crippen molar-refractivity contribution in [2.24, 2.45) is 29.6 Å². The van der Waals surface area contributed by atoms with E-state index in [0.717, 1.165) is 31.6 Å². The highest BCUT2D eigenvalue weighted by molar-refractivity contribution is 4.91. The highest BCUT2D eigenvalue weighted by Gasteiger charge is 2.41. The van der Waals surface area contributed by atoms with Gasteiger partial charge in [0.05, 0.1) is 0 Å². The van der Waals surface area contributed by atoms with Gasteiger partial charge in [0.25, 0.3) is 0 Å². The van der Waals surface area contributed by atoms with E-state index in [1.807, 2.05) is 0 Å². The molecule has 6 unspecified atom stereocenters. The summed E-state index contributed by atoms with van der Waals surface area (Å²) in [6.45, 7) is 2.30. The van der Waals surface area contributed by atoms with Crippen LogP contribution in [0.25, 0.3) is 0 Å². The molecule has 0 aromatic rings. The Morgan fingerprint density at radius 3 is 1.91 bits per heavy atom. The molecule has 0 spiro atoms. The van der Waals surface area contributed by atoms with Gasteiger partial charge >= 0.3 is 0 Å². The summed E-state index contributed by atoms with van der Waals surface area (Å²) < 4.78 is 42.8. The number of alkyl halides is 3. The van der Waals surface area contributed by atoms with Crippen molar-refractivity contribution in [1.82, 2.24) is 0 Å². The Kier molecular flexibility index (Phi) is 5.96. The van der Waals surface area contributed by atoms with E-state index in [2.05, 4.69) is 6.92 Å². The molecule has 0 bridgehead atoms. The van der Waals surface area contributed by atoms with Gasteiger partial charge in [-0.25, -0.2) is 13.2 Å². The van der Waals surface area contributed by atoms with Gasteiger partial charge in [-0.2, -0.15) is 0 Å². The lowest BCUT2D eigenvalue weighted by molar-refractivity contribution is 0.0234. The van der Waals surface area contributed by atoms with Crippen molar-refractivity contribution in [3.63, 3.8) is 0 Å². The van der Waals surface area contributed by atoms with E-state index in [1.165, 1.54) is 25.7 Å². The predicted octanol–water partition coefficient (Wildman–Crippen LogP) is 6.43. The maximum Gasteiger partial charge on any atom is 0.106 e. The summed E-state index contributed by atoms with van der Waals surface area (Å²) in [4.78, 5) is 0. The van der Waals surface area contributed by atoms with Crippen LogP contribution in [0.15, 0.2) is 0 Å². The van der Waals surface area contributed by atoms with Gasteiger partial charge in [-0.1, -0.05) is 26.2 Å². The molecule has 0 aliphatic heterocycles. The number of hydrogen-bond donors (Lipinski definition) is 0. The molecule has 3 heteroatoms. The smallest absolute Gasteiger partial charge is 0.106 e. The standard InChI is InChI=1S/C20H33F3/c1-13-5-7-14(8-6-13)18-10-9-15(11-19(18)22)17-4-2-3-16(21)12-20(17)23/h13-20H,2-12H2,1H3. The molecule has 3 rings (SSSR count). The first-order valence-corrected chi connectivity index (χ1v) is 9.96. The fourth-order valence-electron chi connectivity index (χ4n) is 5.63. The molecule has 3 saturated carbocycles. The molecular weight excluding hydrogens is 297 g/mol. The lowest BCUT2D eigenvalue weighted by atomic mass is 9.65. The molecule has 0 radical (unpaired) electrons. The van der Waals surface area contributed by atoms with Gasteiger partial charge in [-0.15, -0.1) is 0 Å². The Balaban J connectivity index is 1.55. The minimum Gasteiger partial charge on any atom is -0.247 e. The third-order valence-corrected chi connectivity index (χ3v) is 7.14. The van der Waals surface area contributed by atoms with Crippen LogP contribution in [0.5, 0.6) is 0 Å². The molecule has 23 heavy (non-hydrogen) atoms. The number of halogens is 3. The molecule has 0 amide bonds. The quantitative estimate of drug-likeness (QED) is 0.511. The van der Waals surface area contributed by atoms with E-state index in [-0.39, 0.29) is 24.2 Å². The fraction of sp³-hybridized carbons (Fsp3) is 1.00. The van der Waals surface area contributed by atoms with Crippen LogP contribution in [0.2, 0.25) is 0 Å². The van der Waals surface area contributed by atoms with Crippen LogP contribution in [-0.2, 0) is 0 Å². The minimum atomic E-state index is -1.06. The second-order valence-corrected chi connectivity index (χ2v) is 8.72. The minimum absolute atomic E-state index is 0.0437. The van der Waals surface area contributed by atoms with Crippen LogP contribution >= 0.6 is 0 Å². The van der Waals surface area contributed by atoms with Crippen molar-refractivity contribution in [2.75, 3.05) is 0 Å².